The first-order chi connectivity index (χ1) is 5.63. The van der Waals surface area contributed by atoms with Crippen LogP contribution in [0.2, 0.25) is 0 Å². The lowest BCUT2D eigenvalue weighted by molar-refractivity contribution is 0.291. The van der Waals surface area contributed by atoms with Crippen molar-refractivity contribution < 1.29 is 8.42 Å². The third kappa shape index (κ3) is 7.02. The van der Waals surface area contributed by atoms with Crippen LogP contribution in [-0.2, 0) is 9.84 Å². The summed E-state index contributed by atoms with van der Waals surface area (Å²) in [5, 5.41) is 3.20. The first-order valence-electron chi connectivity index (χ1n) is 4.54. The minimum absolute atomic E-state index is 0.178. The van der Waals surface area contributed by atoms with Gasteiger partial charge in [-0.15, -0.1) is 0 Å². The van der Waals surface area contributed by atoms with Gasteiger partial charge >= 0.3 is 0 Å². The highest BCUT2D eigenvalue weighted by atomic mass is 32.2. The third-order valence-corrected chi connectivity index (χ3v) is 3.17. The van der Waals surface area contributed by atoms with Gasteiger partial charge in [0.05, 0.1) is 5.75 Å². The van der Waals surface area contributed by atoms with E-state index in [1.807, 2.05) is 0 Å². The second-order valence-electron chi connectivity index (χ2n) is 4.67. The molecule has 1 unspecified atom stereocenters. The zero-order valence-electron chi connectivity index (χ0n) is 9.22. The molecular weight excluding hydrogens is 186 g/mol. The van der Waals surface area contributed by atoms with Crippen LogP contribution in [0.1, 0.15) is 27.7 Å². The molecule has 3 nitrogen and oxygen atoms in total. The molecule has 0 aromatic heterocycles. The highest BCUT2D eigenvalue weighted by Crippen LogP contribution is 2.17. The van der Waals surface area contributed by atoms with E-state index in [9.17, 15) is 8.42 Å². The van der Waals surface area contributed by atoms with Crippen LogP contribution in [-0.4, -0.2) is 33.0 Å². The quantitative estimate of drug-likeness (QED) is 0.749. The molecule has 0 aliphatic rings. The molecule has 0 aliphatic carbocycles. The van der Waals surface area contributed by atoms with Crippen molar-refractivity contribution in [1.29, 1.82) is 0 Å². The molecule has 80 valence electrons. The van der Waals surface area contributed by atoms with Crippen molar-refractivity contribution in [3.63, 3.8) is 0 Å². The van der Waals surface area contributed by atoms with Crippen molar-refractivity contribution in [2.75, 3.05) is 18.6 Å². The summed E-state index contributed by atoms with van der Waals surface area (Å²) in [4.78, 5) is 0. The monoisotopic (exact) mass is 207 g/mol. The molecule has 0 fully saturated rings. The fourth-order valence-electron chi connectivity index (χ4n) is 0.767. The topological polar surface area (TPSA) is 46.2 Å². The molecule has 0 rings (SSSR count). The predicted molar refractivity (Wildman–Crippen MR) is 56.6 cm³/mol. The zero-order valence-corrected chi connectivity index (χ0v) is 10.0. The number of hydrogen-bond acceptors (Lipinski definition) is 3. The van der Waals surface area contributed by atoms with E-state index >= 15 is 0 Å². The van der Waals surface area contributed by atoms with E-state index in [4.69, 9.17) is 0 Å². The average molecular weight is 207 g/mol. The van der Waals surface area contributed by atoms with Crippen LogP contribution in [0.4, 0.5) is 0 Å². The number of rotatable bonds is 4. The van der Waals surface area contributed by atoms with E-state index in [0.29, 0.717) is 12.6 Å². The standard InChI is InChI=1S/C9H21NO2S/c1-8(9(2,3)4)10-6-7-13(5,11)12/h8,10H,6-7H2,1-5H3. The van der Waals surface area contributed by atoms with Gasteiger partial charge < -0.3 is 5.32 Å². The van der Waals surface area contributed by atoms with E-state index in [1.54, 1.807) is 0 Å². The summed E-state index contributed by atoms with van der Waals surface area (Å²) in [6.45, 7) is 9.00. The molecule has 0 saturated heterocycles. The van der Waals surface area contributed by atoms with Crippen molar-refractivity contribution >= 4 is 9.84 Å². The highest BCUT2D eigenvalue weighted by Gasteiger charge is 2.19. The Morgan fingerprint density at radius 1 is 1.31 bits per heavy atom. The SMILES string of the molecule is CC(NCCS(C)(=O)=O)C(C)(C)C. The Morgan fingerprint density at radius 2 is 1.77 bits per heavy atom. The molecule has 1 atom stereocenters. The average Bonchev–Trinajstić information content (AvgIpc) is 1.82. The van der Waals surface area contributed by atoms with E-state index in [0.717, 1.165) is 0 Å². The normalized spacial score (nSPS) is 15.8. The molecule has 4 heteroatoms. The molecule has 0 saturated carbocycles. The Hall–Kier alpha value is -0.0900. The van der Waals surface area contributed by atoms with Gasteiger partial charge in [0.2, 0.25) is 0 Å². The van der Waals surface area contributed by atoms with Gasteiger partial charge in [-0.2, -0.15) is 0 Å². The van der Waals surface area contributed by atoms with Crippen LogP contribution >= 0.6 is 0 Å². The van der Waals surface area contributed by atoms with Gasteiger partial charge in [0.1, 0.15) is 9.84 Å². The van der Waals surface area contributed by atoms with Crippen molar-refractivity contribution in [1.82, 2.24) is 5.32 Å². The lowest BCUT2D eigenvalue weighted by atomic mass is 9.88. The van der Waals surface area contributed by atoms with Crippen LogP contribution in [0.25, 0.3) is 0 Å². The fourth-order valence-corrected chi connectivity index (χ4v) is 1.26. The largest absolute Gasteiger partial charge is 0.313 e. The van der Waals surface area contributed by atoms with Crippen LogP contribution in [0.5, 0.6) is 0 Å². The maximum atomic E-state index is 10.8. The molecule has 0 radical (unpaired) electrons. The van der Waals surface area contributed by atoms with Crippen LogP contribution in [0.15, 0.2) is 0 Å². The van der Waals surface area contributed by atoms with Gasteiger partial charge in [-0.25, -0.2) is 8.42 Å². The maximum Gasteiger partial charge on any atom is 0.148 e. The van der Waals surface area contributed by atoms with Gasteiger partial charge in [-0.3, -0.25) is 0 Å². The minimum Gasteiger partial charge on any atom is -0.313 e. The molecule has 0 aromatic carbocycles. The number of hydrogen-bond donors (Lipinski definition) is 1. The molecule has 0 aromatic rings. The first-order valence-corrected chi connectivity index (χ1v) is 6.60. The van der Waals surface area contributed by atoms with E-state index < -0.39 is 9.84 Å². The van der Waals surface area contributed by atoms with Crippen LogP contribution < -0.4 is 5.32 Å². The summed E-state index contributed by atoms with van der Waals surface area (Å²) in [5.41, 5.74) is 0.178. The van der Waals surface area contributed by atoms with E-state index in [-0.39, 0.29) is 11.2 Å². The smallest absolute Gasteiger partial charge is 0.148 e. The summed E-state index contributed by atoms with van der Waals surface area (Å²) < 4.78 is 21.6. The van der Waals surface area contributed by atoms with Crippen molar-refractivity contribution in [3.05, 3.63) is 0 Å². The number of sulfone groups is 1. The Morgan fingerprint density at radius 3 is 2.08 bits per heavy atom. The summed E-state index contributed by atoms with van der Waals surface area (Å²) in [7, 11) is -2.83. The maximum absolute atomic E-state index is 10.8. The van der Waals surface area contributed by atoms with E-state index in [2.05, 4.69) is 33.0 Å². The zero-order chi connectivity index (χ0) is 10.7. The van der Waals surface area contributed by atoms with Crippen molar-refractivity contribution in [2.24, 2.45) is 5.41 Å². The molecule has 0 heterocycles. The lowest BCUT2D eigenvalue weighted by Crippen LogP contribution is -2.39. The summed E-state index contributed by atoms with van der Waals surface area (Å²) in [6, 6.07) is 0.328. The summed E-state index contributed by atoms with van der Waals surface area (Å²) >= 11 is 0. The van der Waals surface area contributed by atoms with Gasteiger partial charge in [0, 0.05) is 18.8 Å². The lowest BCUT2D eigenvalue weighted by Gasteiger charge is -2.28. The Kier molecular flexibility index (Phi) is 4.39. The summed E-state index contributed by atoms with van der Waals surface area (Å²) in [6.07, 6.45) is 1.26. The Bertz CT molecular complexity index is 239. The second-order valence-corrected chi connectivity index (χ2v) is 6.93. The fraction of sp³-hybridized carbons (Fsp3) is 1.00. The van der Waals surface area contributed by atoms with E-state index in [1.165, 1.54) is 6.26 Å². The Labute approximate surface area is 81.8 Å². The molecule has 0 aliphatic heterocycles. The van der Waals surface area contributed by atoms with Crippen molar-refractivity contribution in [3.8, 4) is 0 Å². The highest BCUT2D eigenvalue weighted by molar-refractivity contribution is 7.90. The van der Waals surface area contributed by atoms with Crippen LogP contribution in [0, 0.1) is 5.41 Å². The van der Waals surface area contributed by atoms with Crippen molar-refractivity contribution in [2.45, 2.75) is 33.7 Å². The Balaban J connectivity index is 3.80. The van der Waals surface area contributed by atoms with Gasteiger partial charge in [-0.05, 0) is 12.3 Å². The van der Waals surface area contributed by atoms with Gasteiger partial charge in [-0.1, -0.05) is 20.8 Å². The predicted octanol–water partition coefficient (Wildman–Crippen LogP) is 1.06. The molecule has 0 bridgehead atoms. The summed E-state index contributed by atoms with van der Waals surface area (Å²) in [5.74, 6) is 0.216. The molecule has 1 N–H and O–H groups in total. The van der Waals surface area contributed by atoms with Gasteiger partial charge in [0.25, 0.3) is 0 Å². The minimum atomic E-state index is -2.83. The molecule has 0 amide bonds. The first kappa shape index (κ1) is 12.9. The third-order valence-electron chi connectivity index (χ3n) is 2.22. The van der Waals surface area contributed by atoms with Crippen LogP contribution in [0.3, 0.4) is 0 Å². The molecule has 0 spiro atoms. The molecule has 13 heavy (non-hydrogen) atoms. The number of nitrogens with one attached hydrogen (secondary N) is 1. The van der Waals surface area contributed by atoms with Gasteiger partial charge in [0.15, 0.2) is 0 Å². The second kappa shape index (κ2) is 4.42. The molecular formula is C9H21NO2S.